The van der Waals surface area contributed by atoms with Crippen molar-refractivity contribution in [2.24, 2.45) is 0 Å². The molecule has 1 aliphatic rings. The maximum atomic E-state index is 3.92. The van der Waals surface area contributed by atoms with Gasteiger partial charge < -0.3 is 0 Å². The topological polar surface area (TPSA) is 0 Å². The highest BCUT2D eigenvalue weighted by Gasteiger charge is 2.59. The quantitative estimate of drug-likeness (QED) is 0.299. The molecule has 27 heavy (non-hydrogen) atoms. The van der Waals surface area contributed by atoms with Gasteiger partial charge in [0.1, 0.15) is 0 Å². The molecular weight excluding hydrogens is 492 g/mol. The summed E-state index contributed by atoms with van der Waals surface area (Å²) in [5.41, 5.74) is 6.05. The van der Waals surface area contributed by atoms with Crippen molar-refractivity contribution in [3.8, 4) is 11.1 Å². The van der Waals surface area contributed by atoms with E-state index in [-0.39, 0.29) is 4.66 Å². The third-order valence-corrected chi connectivity index (χ3v) is 17.5. The van der Waals surface area contributed by atoms with Gasteiger partial charge in [0, 0.05) is 13.6 Å². The first-order chi connectivity index (χ1) is 12.5. The molecule has 0 amide bonds. The first-order valence-electron chi connectivity index (χ1n) is 9.52. The van der Waals surface area contributed by atoms with Gasteiger partial charge in [0.15, 0.2) is 0 Å². The van der Waals surface area contributed by atoms with Crippen LogP contribution in [-0.4, -0.2) is 16.1 Å². The molecule has 4 heteroatoms. The van der Waals surface area contributed by atoms with Gasteiger partial charge in [-0.3, -0.25) is 0 Å². The van der Waals surface area contributed by atoms with Crippen molar-refractivity contribution in [3.63, 3.8) is 0 Å². The van der Waals surface area contributed by atoms with Crippen LogP contribution in [0, 0.1) is 0 Å². The van der Waals surface area contributed by atoms with Crippen molar-refractivity contribution in [1.82, 2.24) is 0 Å². The van der Waals surface area contributed by atoms with Crippen LogP contribution in [0.25, 0.3) is 21.9 Å². The lowest BCUT2D eigenvalue weighted by Gasteiger charge is -2.51. The minimum atomic E-state index is -1.63. The summed E-state index contributed by atoms with van der Waals surface area (Å²) < 4.78 is 2.60. The molecule has 3 aromatic rings. The normalized spacial score (nSPS) is 15.7. The van der Waals surface area contributed by atoms with E-state index >= 15 is 0 Å². The second kappa shape index (κ2) is 6.15. The Morgan fingerprint density at radius 1 is 0.704 bits per heavy atom. The first kappa shape index (κ1) is 19.6. The monoisotopic (exact) mass is 516 g/mol. The summed E-state index contributed by atoms with van der Waals surface area (Å²) in [4.78, 5) is 0. The van der Waals surface area contributed by atoms with Crippen molar-refractivity contribution in [3.05, 3.63) is 68.6 Å². The van der Waals surface area contributed by atoms with Crippen molar-refractivity contribution in [2.75, 3.05) is 0 Å². The maximum Gasteiger partial charge on any atom is 0.0579 e. The van der Waals surface area contributed by atoms with Crippen LogP contribution in [0.5, 0.6) is 0 Å². The van der Waals surface area contributed by atoms with Crippen LogP contribution in [0.4, 0.5) is 0 Å². The summed E-state index contributed by atoms with van der Waals surface area (Å²) in [6, 6.07) is 18.3. The van der Waals surface area contributed by atoms with E-state index in [0.717, 1.165) is 0 Å². The summed E-state index contributed by atoms with van der Waals surface area (Å²) >= 11 is 7.70. The van der Waals surface area contributed by atoms with Crippen LogP contribution in [0.2, 0.25) is 39.3 Å². The van der Waals surface area contributed by atoms with E-state index in [1.807, 2.05) is 0 Å². The Morgan fingerprint density at radius 3 is 1.89 bits per heavy atom. The molecule has 0 atom stereocenters. The Bertz CT molecular complexity index is 1060. The number of fused-ring (bicyclic) bond motifs is 5. The molecule has 1 aliphatic carbocycles. The van der Waals surface area contributed by atoms with Gasteiger partial charge in [0.05, 0.1) is 16.1 Å². The fourth-order valence-electron chi connectivity index (χ4n) is 5.85. The molecule has 3 aromatic carbocycles. The van der Waals surface area contributed by atoms with E-state index in [1.165, 1.54) is 30.8 Å². The fourth-order valence-corrected chi connectivity index (χ4v) is 19.8. The van der Waals surface area contributed by atoms with Gasteiger partial charge in [0.2, 0.25) is 0 Å². The molecule has 0 nitrogen and oxygen atoms in total. The maximum absolute atomic E-state index is 3.92. The number of benzene rings is 3. The van der Waals surface area contributed by atoms with Crippen LogP contribution in [-0.2, 0) is 4.66 Å². The molecule has 0 bridgehead atoms. The molecule has 0 saturated carbocycles. The summed E-state index contributed by atoms with van der Waals surface area (Å²) in [6.07, 6.45) is 0. The van der Waals surface area contributed by atoms with E-state index in [4.69, 9.17) is 0 Å². The minimum Gasteiger partial charge on any atom is -0.0688 e. The van der Waals surface area contributed by atoms with Gasteiger partial charge in [-0.25, -0.2) is 0 Å². The molecule has 140 valence electrons. The smallest absolute Gasteiger partial charge is 0.0579 e. The summed E-state index contributed by atoms with van der Waals surface area (Å²) in [5, 5.41) is 2.69. The third kappa shape index (κ3) is 2.56. The molecule has 4 rings (SSSR count). The molecule has 0 fully saturated rings. The van der Waals surface area contributed by atoms with Crippen molar-refractivity contribution in [1.29, 1.82) is 0 Å². The number of hydrogen-bond donors (Lipinski definition) is 0. The molecule has 0 spiro atoms. The number of hydrogen-bond acceptors (Lipinski definition) is 0. The molecule has 0 unspecified atom stereocenters. The average Bonchev–Trinajstić information content (AvgIpc) is 2.84. The zero-order valence-corrected chi connectivity index (χ0v) is 22.0. The third-order valence-electron chi connectivity index (χ3n) is 6.30. The minimum absolute atomic E-state index is 0.182. The molecule has 0 heterocycles. The second-order valence-electron chi connectivity index (χ2n) is 9.77. The molecule has 0 N–H and O–H groups in total. The lowest BCUT2D eigenvalue weighted by molar-refractivity contribution is 0.951. The SMILES string of the molecule is C[Si](C)(C)C1([Si](C)(C)C)c2cc(Br)ccc2-c2c1cc(Br)c1ccccc21. The Morgan fingerprint density at radius 2 is 1.30 bits per heavy atom. The van der Waals surface area contributed by atoms with Gasteiger partial charge in [-0.15, -0.1) is 0 Å². The van der Waals surface area contributed by atoms with Crippen molar-refractivity contribution >= 4 is 58.8 Å². The fraction of sp³-hybridized carbons (Fsp3) is 0.304. The first-order valence-corrected chi connectivity index (χ1v) is 18.1. The lowest BCUT2D eigenvalue weighted by Crippen LogP contribution is -2.63. The van der Waals surface area contributed by atoms with Crippen molar-refractivity contribution < 1.29 is 0 Å². The van der Waals surface area contributed by atoms with E-state index in [1.54, 1.807) is 11.1 Å². The largest absolute Gasteiger partial charge is 0.0688 e. The average molecular weight is 518 g/mol. The predicted octanol–water partition coefficient (Wildman–Crippen LogP) is 8.39. The van der Waals surface area contributed by atoms with E-state index in [9.17, 15) is 0 Å². The van der Waals surface area contributed by atoms with E-state index in [2.05, 4.69) is 120 Å². The Labute approximate surface area is 181 Å². The summed E-state index contributed by atoms with van der Waals surface area (Å²) in [6.45, 7) is 15.4. The van der Waals surface area contributed by atoms with Gasteiger partial charge in [-0.05, 0) is 51.2 Å². The Hall–Kier alpha value is -0.686. The van der Waals surface area contributed by atoms with Crippen molar-refractivity contribution in [2.45, 2.75) is 43.9 Å². The highest BCUT2D eigenvalue weighted by Crippen LogP contribution is 2.60. The zero-order chi connectivity index (χ0) is 19.8. The summed E-state index contributed by atoms with van der Waals surface area (Å²) in [7, 11) is -3.25. The van der Waals surface area contributed by atoms with Crippen LogP contribution in [0.3, 0.4) is 0 Å². The number of halogens is 2. The molecule has 0 aliphatic heterocycles. The Balaban J connectivity index is 2.31. The van der Waals surface area contributed by atoms with Crippen LogP contribution in [0.1, 0.15) is 11.1 Å². The van der Waals surface area contributed by atoms with Gasteiger partial charge in [-0.1, -0.05) is 101 Å². The molecular formula is C23H26Br2Si2. The van der Waals surface area contributed by atoms with Crippen LogP contribution < -0.4 is 0 Å². The standard InChI is InChI=1S/C23H26Br2Si2/c1-26(2,3)23(27(4,5)6)19-13-15(24)11-12-18(19)22-17-10-8-7-9-16(17)21(25)14-20(22)23/h7-14H,1-6H3. The van der Waals surface area contributed by atoms with Gasteiger partial charge in [0.25, 0.3) is 0 Å². The van der Waals surface area contributed by atoms with Crippen LogP contribution >= 0.6 is 31.9 Å². The summed E-state index contributed by atoms with van der Waals surface area (Å²) in [5.74, 6) is 0. The number of rotatable bonds is 2. The van der Waals surface area contributed by atoms with E-state index in [0.29, 0.717) is 0 Å². The zero-order valence-electron chi connectivity index (χ0n) is 16.9. The molecule has 0 saturated heterocycles. The molecule has 0 aromatic heterocycles. The highest BCUT2D eigenvalue weighted by atomic mass is 79.9. The molecule has 0 radical (unpaired) electrons. The Kier molecular flexibility index (Phi) is 4.47. The van der Waals surface area contributed by atoms with Gasteiger partial charge >= 0.3 is 0 Å². The second-order valence-corrected chi connectivity index (χ2v) is 22.5. The highest BCUT2D eigenvalue weighted by molar-refractivity contribution is 9.11. The van der Waals surface area contributed by atoms with Gasteiger partial charge in [-0.2, -0.15) is 0 Å². The lowest BCUT2D eigenvalue weighted by atomic mass is 9.98. The predicted molar refractivity (Wildman–Crippen MR) is 132 cm³/mol. The van der Waals surface area contributed by atoms with E-state index < -0.39 is 16.1 Å². The van der Waals surface area contributed by atoms with Crippen LogP contribution in [0.15, 0.2) is 57.5 Å².